The summed E-state index contributed by atoms with van der Waals surface area (Å²) in [5, 5.41) is 11.0. The summed E-state index contributed by atoms with van der Waals surface area (Å²) >= 11 is 1.28. The number of nitrogens with zero attached hydrogens (tertiary/aromatic N) is 7. The molecular weight excluding hydrogens is 453 g/mol. The summed E-state index contributed by atoms with van der Waals surface area (Å²) in [7, 11) is 0. The van der Waals surface area contributed by atoms with Crippen LogP contribution in [0.2, 0.25) is 0 Å². The Bertz CT molecular complexity index is 1190. The average molecular weight is 482 g/mol. The number of rotatable bonds is 5. The number of hydrazone groups is 1. The van der Waals surface area contributed by atoms with Gasteiger partial charge in [0.1, 0.15) is 18.3 Å². The minimum Gasteiger partial charge on any atom is -0.369 e. The van der Waals surface area contributed by atoms with E-state index in [2.05, 4.69) is 33.0 Å². The van der Waals surface area contributed by atoms with Crippen LogP contribution in [0.5, 0.6) is 0 Å². The minimum atomic E-state index is -0.297. The van der Waals surface area contributed by atoms with Gasteiger partial charge in [0.05, 0.1) is 19.7 Å². The van der Waals surface area contributed by atoms with Crippen molar-refractivity contribution in [2.75, 3.05) is 37.8 Å². The Labute approximate surface area is 202 Å². The molecule has 10 heteroatoms. The zero-order chi connectivity index (χ0) is 23.1. The summed E-state index contributed by atoms with van der Waals surface area (Å²) in [5.41, 5.74) is 3.05. The molecule has 0 radical (unpaired) electrons. The SMILES string of the molecule is CC1=NN(c2ncccc2Cn2cncn2)CC1CN1CCC2(CC1)OCCc1cc(F)sc12. The number of anilines is 1. The number of fused-ring (bicyclic) bond motifs is 2. The molecule has 1 fully saturated rings. The molecule has 1 atom stereocenters. The van der Waals surface area contributed by atoms with Gasteiger partial charge < -0.3 is 9.64 Å². The molecule has 0 bridgehead atoms. The number of thiophene rings is 1. The number of aromatic nitrogens is 4. The van der Waals surface area contributed by atoms with E-state index in [9.17, 15) is 4.39 Å². The van der Waals surface area contributed by atoms with Gasteiger partial charge in [0.2, 0.25) is 0 Å². The molecule has 0 saturated carbocycles. The van der Waals surface area contributed by atoms with E-state index in [1.165, 1.54) is 11.3 Å². The Morgan fingerprint density at radius 3 is 3.00 bits per heavy atom. The molecule has 3 aliphatic rings. The quantitative estimate of drug-likeness (QED) is 0.557. The van der Waals surface area contributed by atoms with Crippen LogP contribution in [-0.2, 0) is 23.3 Å². The van der Waals surface area contributed by atoms with Crippen molar-refractivity contribution < 1.29 is 9.13 Å². The van der Waals surface area contributed by atoms with Gasteiger partial charge in [-0.25, -0.2) is 19.7 Å². The van der Waals surface area contributed by atoms with Crippen molar-refractivity contribution >= 4 is 22.9 Å². The molecule has 6 rings (SSSR count). The maximum atomic E-state index is 14.0. The predicted molar refractivity (Wildman–Crippen MR) is 129 cm³/mol. The molecule has 3 aliphatic heterocycles. The standard InChI is InChI=1S/C24H28FN7OS/c1-17-20(14-32(29-17)23-19(3-2-7-27-23)13-31-16-26-15-28-31)12-30-8-5-24(6-9-30)22-18(4-10-33-24)11-21(25)34-22/h2-3,7,11,15-16,20H,4-6,8-10,12-14H2,1H3. The van der Waals surface area contributed by atoms with Gasteiger partial charge in [0, 0.05) is 47.9 Å². The van der Waals surface area contributed by atoms with Gasteiger partial charge in [-0.3, -0.25) is 0 Å². The van der Waals surface area contributed by atoms with Crippen molar-refractivity contribution in [3.8, 4) is 0 Å². The number of pyridine rings is 1. The summed E-state index contributed by atoms with van der Waals surface area (Å²) in [6.07, 6.45) is 7.71. The van der Waals surface area contributed by atoms with E-state index in [0.717, 1.165) is 73.0 Å². The first-order valence-corrected chi connectivity index (χ1v) is 12.7. The van der Waals surface area contributed by atoms with Crippen LogP contribution < -0.4 is 5.01 Å². The van der Waals surface area contributed by atoms with Crippen LogP contribution in [0.15, 0.2) is 42.2 Å². The molecular formula is C24H28FN7OS. The summed E-state index contributed by atoms with van der Waals surface area (Å²) < 4.78 is 22.0. The zero-order valence-electron chi connectivity index (χ0n) is 19.2. The molecule has 3 aromatic rings. The number of hydrogen-bond donors (Lipinski definition) is 0. The second kappa shape index (κ2) is 8.83. The highest BCUT2D eigenvalue weighted by Crippen LogP contribution is 2.45. The third kappa shape index (κ3) is 4.03. The van der Waals surface area contributed by atoms with Gasteiger partial charge in [-0.15, -0.1) is 11.3 Å². The third-order valence-electron chi connectivity index (χ3n) is 7.26. The van der Waals surface area contributed by atoms with E-state index in [4.69, 9.17) is 9.84 Å². The van der Waals surface area contributed by atoms with E-state index in [0.29, 0.717) is 19.1 Å². The third-order valence-corrected chi connectivity index (χ3v) is 8.41. The van der Waals surface area contributed by atoms with Crippen LogP contribution in [0.4, 0.5) is 10.2 Å². The smallest absolute Gasteiger partial charge is 0.177 e. The fourth-order valence-electron chi connectivity index (χ4n) is 5.42. The first-order valence-electron chi connectivity index (χ1n) is 11.8. The van der Waals surface area contributed by atoms with Crippen LogP contribution in [0.25, 0.3) is 0 Å². The molecule has 0 amide bonds. The Morgan fingerprint density at radius 2 is 2.18 bits per heavy atom. The Hall–Kier alpha value is -2.69. The molecule has 0 aliphatic carbocycles. The van der Waals surface area contributed by atoms with Gasteiger partial charge in [-0.05, 0) is 43.9 Å². The molecule has 1 spiro atoms. The molecule has 34 heavy (non-hydrogen) atoms. The molecule has 1 saturated heterocycles. The Balaban J connectivity index is 1.11. The lowest BCUT2D eigenvalue weighted by atomic mass is 9.85. The van der Waals surface area contributed by atoms with Crippen LogP contribution in [-0.4, -0.2) is 63.1 Å². The van der Waals surface area contributed by atoms with Crippen LogP contribution in [0, 0.1) is 11.0 Å². The van der Waals surface area contributed by atoms with Crippen molar-refractivity contribution in [1.82, 2.24) is 24.6 Å². The summed E-state index contributed by atoms with van der Waals surface area (Å²) in [6, 6.07) is 5.72. The maximum Gasteiger partial charge on any atom is 0.177 e. The van der Waals surface area contributed by atoms with E-state index in [1.807, 2.05) is 17.3 Å². The first-order chi connectivity index (χ1) is 16.6. The molecule has 3 aromatic heterocycles. The fraction of sp³-hybridized carbons (Fsp3) is 0.500. The van der Waals surface area contributed by atoms with Crippen molar-refractivity contribution in [3.63, 3.8) is 0 Å². The number of piperidine rings is 1. The zero-order valence-corrected chi connectivity index (χ0v) is 20.0. The second-order valence-electron chi connectivity index (χ2n) is 9.40. The molecule has 1 unspecified atom stereocenters. The van der Waals surface area contributed by atoms with E-state index >= 15 is 0 Å². The average Bonchev–Trinajstić information content (AvgIpc) is 3.57. The Kier molecular flexibility index (Phi) is 5.66. The van der Waals surface area contributed by atoms with Crippen molar-refractivity contribution in [2.24, 2.45) is 11.0 Å². The van der Waals surface area contributed by atoms with Crippen LogP contribution >= 0.6 is 11.3 Å². The maximum absolute atomic E-state index is 14.0. The highest BCUT2D eigenvalue weighted by molar-refractivity contribution is 7.10. The number of hydrogen-bond acceptors (Lipinski definition) is 8. The molecule has 0 N–H and O–H groups in total. The van der Waals surface area contributed by atoms with Crippen molar-refractivity contribution in [3.05, 3.63) is 58.2 Å². The molecule has 178 valence electrons. The van der Waals surface area contributed by atoms with E-state index in [1.54, 1.807) is 23.4 Å². The van der Waals surface area contributed by atoms with Gasteiger partial charge in [0.25, 0.3) is 0 Å². The predicted octanol–water partition coefficient (Wildman–Crippen LogP) is 3.30. The molecule has 8 nitrogen and oxygen atoms in total. The highest BCUT2D eigenvalue weighted by atomic mass is 32.1. The lowest BCUT2D eigenvalue weighted by molar-refractivity contribution is -0.0955. The largest absolute Gasteiger partial charge is 0.369 e. The van der Waals surface area contributed by atoms with Crippen LogP contribution in [0.1, 0.15) is 35.8 Å². The van der Waals surface area contributed by atoms with Crippen LogP contribution in [0.3, 0.4) is 0 Å². The van der Waals surface area contributed by atoms with Crippen molar-refractivity contribution in [2.45, 2.75) is 38.3 Å². The number of likely N-dealkylation sites (tertiary alicyclic amines) is 1. The van der Waals surface area contributed by atoms with Gasteiger partial charge in [0.15, 0.2) is 10.9 Å². The first kappa shape index (κ1) is 21.8. The number of ether oxygens (including phenoxy) is 1. The highest BCUT2D eigenvalue weighted by Gasteiger charge is 2.43. The fourth-order valence-corrected chi connectivity index (χ4v) is 6.56. The monoisotopic (exact) mass is 481 g/mol. The topological polar surface area (TPSA) is 71.7 Å². The Morgan fingerprint density at radius 1 is 1.29 bits per heavy atom. The minimum absolute atomic E-state index is 0.0899. The lowest BCUT2D eigenvalue weighted by Gasteiger charge is -2.44. The summed E-state index contributed by atoms with van der Waals surface area (Å²) in [5.74, 6) is 1.22. The molecule has 0 aromatic carbocycles. The number of halogens is 1. The molecule has 6 heterocycles. The summed E-state index contributed by atoms with van der Waals surface area (Å²) in [4.78, 5) is 12.3. The van der Waals surface area contributed by atoms with Gasteiger partial charge in [-0.1, -0.05) is 6.07 Å². The van der Waals surface area contributed by atoms with Crippen molar-refractivity contribution in [1.29, 1.82) is 0 Å². The van der Waals surface area contributed by atoms with Gasteiger partial charge in [-0.2, -0.15) is 14.6 Å². The summed E-state index contributed by atoms with van der Waals surface area (Å²) in [6.45, 7) is 7.07. The normalized spacial score (nSPS) is 22.2. The second-order valence-corrected chi connectivity index (χ2v) is 10.4. The van der Waals surface area contributed by atoms with Gasteiger partial charge >= 0.3 is 0 Å². The lowest BCUT2D eigenvalue weighted by Crippen LogP contribution is -2.47. The van der Waals surface area contributed by atoms with E-state index in [-0.39, 0.29) is 10.7 Å². The van der Waals surface area contributed by atoms with E-state index < -0.39 is 0 Å².